The van der Waals surface area contributed by atoms with E-state index < -0.39 is 26.6 Å². The summed E-state index contributed by atoms with van der Waals surface area (Å²) in [5.74, 6) is -2.46. The summed E-state index contributed by atoms with van der Waals surface area (Å²) in [6, 6.07) is 1.50. The van der Waals surface area contributed by atoms with Crippen molar-refractivity contribution in [3.63, 3.8) is 0 Å². The van der Waals surface area contributed by atoms with Crippen molar-refractivity contribution in [2.45, 2.75) is 11.4 Å². The summed E-state index contributed by atoms with van der Waals surface area (Å²) in [7, 11) is -4.30. The third-order valence-electron chi connectivity index (χ3n) is 2.19. The van der Waals surface area contributed by atoms with Gasteiger partial charge in [-0.25, -0.2) is 26.9 Å². The van der Waals surface area contributed by atoms with Crippen molar-refractivity contribution in [2.75, 3.05) is 5.73 Å². The van der Waals surface area contributed by atoms with E-state index >= 15 is 0 Å². The third kappa shape index (κ3) is 3.06. The number of halogens is 2. The van der Waals surface area contributed by atoms with Gasteiger partial charge in [-0.1, -0.05) is 0 Å². The van der Waals surface area contributed by atoms with Crippen LogP contribution in [0.2, 0.25) is 0 Å². The molecule has 0 bridgehead atoms. The maximum Gasteiger partial charge on any atom is 0.246 e. The molecule has 0 atom stereocenters. The first-order chi connectivity index (χ1) is 8.90. The van der Waals surface area contributed by atoms with Crippen LogP contribution < -0.4 is 10.5 Å². The molecular weight excluding hydrogens is 296 g/mol. The average molecular weight is 305 g/mol. The van der Waals surface area contributed by atoms with Gasteiger partial charge in [-0.3, -0.25) is 0 Å². The van der Waals surface area contributed by atoms with E-state index in [2.05, 4.69) is 9.71 Å². The highest BCUT2D eigenvalue weighted by Crippen LogP contribution is 2.21. The molecule has 0 spiro atoms. The predicted octanol–water partition coefficient (Wildman–Crippen LogP) is 1.48. The number of rotatable bonds is 4. The first-order valence-corrected chi connectivity index (χ1v) is 7.39. The molecule has 19 heavy (non-hydrogen) atoms. The minimum Gasteiger partial charge on any atom is -0.399 e. The van der Waals surface area contributed by atoms with Gasteiger partial charge in [-0.05, 0) is 12.1 Å². The van der Waals surface area contributed by atoms with Gasteiger partial charge < -0.3 is 5.73 Å². The molecule has 0 fully saturated rings. The third-order valence-corrected chi connectivity index (χ3v) is 4.42. The molecule has 5 nitrogen and oxygen atoms in total. The molecule has 0 aliphatic rings. The number of anilines is 1. The maximum absolute atomic E-state index is 13.5. The quantitative estimate of drug-likeness (QED) is 0.838. The summed E-state index contributed by atoms with van der Waals surface area (Å²) in [5, 5.41) is 2.15. The molecule has 1 aromatic heterocycles. The lowest BCUT2D eigenvalue weighted by Crippen LogP contribution is -2.25. The minimum absolute atomic E-state index is 0.136. The summed E-state index contributed by atoms with van der Waals surface area (Å²) >= 11 is 1.22. The summed E-state index contributed by atoms with van der Waals surface area (Å²) in [5.41, 5.74) is 5.03. The van der Waals surface area contributed by atoms with Crippen LogP contribution in [0.5, 0.6) is 0 Å². The lowest BCUT2D eigenvalue weighted by molar-refractivity contribution is 0.514. The zero-order chi connectivity index (χ0) is 14.0. The minimum atomic E-state index is -4.30. The van der Waals surface area contributed by atoms with Crippen molar-refractivity contribution >= 4 is 27.0 Å². The molecule has 102 valence electrons. The van der Waals surface area contributed by atoms with Gasteiger partial charge in [0.05, 0.1) is 6.54 Å². The second-order valence-corrected chi connectivity index (χ2v) is 6.25. The monoisotopic (exact) mass is 305 g/mol. The number of thiazole rings is 1. The predicted molar refractivity (Wildman–Crippen MR) is 66.9 cm³/mol. The van der Waals surface area contributed by atoms with Crippen LogP contribution in [0.25, 0.3) is 0 Å². The van der Waals surface area contributed by atoms with Crippen molar-refractivity contribution in [1.29, 1.82) is 0 Å². The Hall–Kier alpha value is -1.58. The topological polar surface area (TPSA) is 85.1 Å². The van der Waals surface area contributed by atoms with E-state index in [-0.39, 0.29) is 12.2 Å². The van der Waals surface area contributed by atoms with Crippen LogP contribution in [-0.4, -0.2) is 13.4 Å². The Labute approximate surface area is 112 Å². The van der Waals surface area contributed by atoms with E-state index in [1.165, 1.54) is 17.5 Å². The number of nitrogens with one attached hydrogen (secondary N) is 1. The van der Waals surface area contributed by atoms with Crippen LogP contribution >= 0.6 is 11.3 Å². The van der Waals surface area contributed by atoms with E-state index in [1.54, 1.807) is 5.38 Å². The lowest BCUT2D eigenvalue weighted by atomic mass is 10.3. The average Bonchev–Trinajstić information content (AvgIpc) is 2.77. The Morgan fingerprint density at radius 1 is 1.32 bits per heavy atom. The summed E-state index contributed by atoms with van der Waals surface area (Å²) in [6.45, 7) is -0.136. The van der Waals surface area contributed by atoms with Crippen LogP contribution in [0.4, 0.5) is 14.5 Å². The first-order valence-electron chi connectivity index (χ1n) is 5.02. The molecule has 2 rings (SSSR count). The summed E-state index contributed by atoms with van der Waals surface area (Å²) < 4.78 is 52.8. The number of hydrogen-bond donors (Lipinski definition) is 2. The Balaban J connectivity index is 2.29. The van der Waals surface area contributed by atoms with Crippen molar-refractivity contribution in [3.8, 4) is 0 Å². The number of nitrogens with zero attached hydrogens (tertiary/aromatic N) is 1. The number of aromatic nitrogens is 1. The van der Waals surface area contributed by atoms with Gasteiger partial charge >= 0.3 is 0 Å². The summed E-state index contributed by atoms with van der Waals surface area (Å²) in [6.07, 6.45) is 1.50. The molecule has 0 radical (unpaired) electrons. The molecule has 0 unspecified atom stereocenters. The standard InChI is InChI=1S/C10H9F2N3O2S2/c11-7-3-6(13)4-8(12)10(7)19(16,17)15-5-9-14-1-2-18-9/h1-4,15H,5,13H2. The number of nitrogens with two attached hydrogens (primary N) is 1. The Morgan fingerprint density at radius 3 is 2.47 bits per heavy atom. The van der Waals surface area contributed by atoms with Crippen molar-refractivity contribution in [2.24, 2.45) is 0 Å². The fourth-order valence-corrected chi connectivity index (χ4v) is 3.16. The van der Waals surface area contributed by atoms with Crippen molar-refractivity contribution in [1.82, 2.24) is 9.71 Å². The Kier molecular flexibility index (Phi) is 3.78. The molecule has 3 N–H and O–H groups in total. The molecule has 2 aromatic rings. The zero-order valence-corrected chi connectivity index (χ0v) is 11.1. The van der Waals surface area contributed by atoms with Gasteiger partial charge in [-0.15, -0.1) is 11.3 Å². The molecular formula is C10H9F2N3O2S2. The molecule has 0 saturated heterocycles. The zero-order valence-electron chi connectivity index (χ0n) is 9.43. The van der Waals surface area contributed by atoms with Gasteiger partial charge in [0, 0.05) is 17.3 Å². The molecule has 0 aliphatic heterocycles. The SMILES string of the molecule is Nc1cc(F)c(S(=O)(=O)NCc2nccs2)c(F)c1. The Bertz CT molecular complexity index is 664. The van der Waals surface area contributed by atoms with Gasteiger partial charge in [0.2, 0.25) is 10.0 Å². The highest BCUT2D eigenvalue weighted by molar-refractivity contribution is 7.89. The fraction of sp³-hybridized carbons (Fsp3) is 0.100. The van der Waals surface area contributed by atoms with Crippen molar-refractivity contribution < 1.29 is 17.2 Å². The van der Waals surface area contributed by atoms with Crippen LogP contribution in [0.3, 0.4) is 0 Å². The van der Waals surface area contributed by atoms with Gasteiger partial charge in [0.25, 0.3) is 0 Å². The molecule has 1 heterocycles. The van der Waals surface area contributed by atoms with Crippen LogP contribution in [0, 0.1) is 11.6 Å². The van der Waals surface area contributed by atoms with Crippen LogP contribution in [0.15, 0.2) is 28.6 Å². The molecule has 0 aliphatic carbocycles. The molecule has 0 amide bonds. The maximum atomic E-state index is 13.5. The molecule has 0 saturated carbocycles. The van der Waals surface area contributed by atoms with E-state index in [9.17, 15) is 17.2 Å². The number of nitrogen functional groups attached to an aromatic ring is 1. The fourth-order valence-electron chi connectivity index (χ4n) is 1.41. The largest absolute Gasteiger partial charge is 0.399 e. The van der Waals surface area contributed by atoms with Crippen LogP contribution in [0.1, 0.15) is 5.01 Å². The molecule has 9 heteroatoms. The smallest absolute Gasteiger partial charge is 0.246 e. The highest BCUT2D eigenvalue weighted by Gasteiger charge is 2.24. The van der Waals surface area contributed by atoms with E-state index in [1.807, 2.05) is 0 Å². The first kappa shape index (κ1) is 13.8. The number of sulfonamides is 1. The summed E-state index contributed by atoms with van der Waals surface area (Å²) in [4.78, 5) is 2.81. The lowest BCUT2D eigenvalue weighted by Gasteiger charge is -2.08. The number of benzene rings is 1. The molecule has 1 aromatic carbocycles. The normalized spacial score (nSPS) is 11.7. The van der Waals surface area contributed by atoms with E-state index in [0.29, 0.717) is 5.01 Å². The number of hydrogen-bond acceptors (Lipinski definition) is 5. The van der Waals surface area contributed by atoms with Crippen LogP contribution in [-0.2, 0) is 16.6 Å². The highest BCUT2D eigenvalue weighted by atomic mass is 32.2. The van der Waals surface area contributed by atoms with Gasteiger partial charge in [0.1, 0.15) is 16.6 Å². The van der Waals surface area contributed by atoms with Crippen molar-refractivity contribution in [3.05, 3.63) is 40.4 Å². The Morgan fingerprint density at radius 2 is 1.95 bits per heavy atom. The van der Waals surface area contributed by atoms with E-state index in [4.69, 9.17) is 5.73 Å². The van der Waals surface area contributed by atoms with E-state index in [0.717, 1.165) is 12.1 Å². The van der Waals surface area contributed by atoms with Gasteiger partial charge in [0.15, 0.2) is 4.90 Å². The van der Waals surface area contributed by atoms with Gasteiger partial charge in [-0.2, -0.15) is 0 Å². The second-order valence-electron chi connectivity index (χ2n) is 3.56. The second kappa shape index (κ2) is 5.19.